The Bertz CT molecular complexity index is 925. The summed E-state index contributed by atoms with van der Waals surface area (Å²) >= 11 is 1.66. The molecule has 0 saturated carbocycles. The highest BCUT2D eigenvalue weighted by atomic mass is 32.1. The highest BCUT2D eigenvalue weighted by Crippen LogP contribution is 2.25. The van der Waals surface area contributed by atoms with Crippen LogP contribution in [-0.2, 0) is 11.2 Å². The second-order valence-electron chi connectivity index (χ2n) is 6.46. The van der Waals surface area contributed by atoms with Crippen LogP contribution in [0.4, 0.5) is 0 Å². The SMILES string of the molecule is CCC(NC(=O)CCc1c(C)nc2ncnn2c1C)c1nc(C)c(C)s1. The molecule has 0 spiro atoms. The predicted octanol–water partition coefficient (Wildman–Crippen LogP) is 3.01. The van der Waals surface area contributed by atoms with Crippen molar-refractivity contribution in [3.05, 3.63) is 38.9 Å². The van der Waals surface area contributed by atoms with Crippen molar-refractivity contribution in [1.82, 2.24) is 29.9 Å². The Labute approximate surface area is 156 Å². The van der Waals surface area contributed by atoms with Gasteiger partial charge in [0.1, 0.15) is 11.3 Å². The lowest BCUT2D eigenvalue weighted by Crippen LogP contribution is -2.28. The van der Waals surface area contributed by atoms with Crippen LogP contribution < -0.4 is 5.32 Å². The number of carbonyl (C=O) groups excluding carboxylic acids is 1. The number of aromatic nitrogens is 5. The number of nitrogens with one attached hydrogen (secondary N) is 1. The highest BCUT2D eigenvalue weighted by Gasteiger charge is 2.18. The van der Waals surface area contributed by atoms with Crippen molar-refractivity contribution in [2.75, 3.05) is 0 Å². The molecule has 0 fully saturated rings. The number of hydrogen-bond acceptors (Lipinski definition) is 6. The van der Waals surface area contributed by atoms with E-state index in [0.29, 0.717) is 18.6 Å². The summed E-state index contributed by atoms with van der Waals surface area (Å²) in [7, 11) is 0. The van der Waals surface area contributed by atoms with E-state index < -0.39 is 0 Å². The molecule has 3 aromatic heterocycles. The molecule has 3 rings (SSSR count). The fourth-order valence-electron chi connectivity index (χ4n) is 3.01. The van der Waals surface area contributed by atoms with E-state index in [-0.39, 0.29) is 11.9 Å². The van der Waals surface area contributed by atoms with E-state index in [4.69, 9.17) is 0 Å². The maximum absolute atomic E-state index is 12.5. The molecular formula is C18H24N6OS. The summed E-state index contributed by atoms with van der Waals surface area (Å²) in [5.41, 5.74) is 3.97. The van der Waals surface area contributed by atoms with E-state index in [1.54, 1.807) is 15.9 Å². The first-order chi connectivity index (χ1) is 12.4. The van der Waals surface area contributed by atoms with Crippen LogP contribution >= 0.6 is 11.3 Å². The first-order valence-electron chi connectivity index (χ1n) is 8.79. The largest absolute Gasteiger partial charge is 0.347 e. The quantitative estimate of drug-likeness (QED) is 0.719. The molecule has 0 aliphatic carbocycles. The standard InChI is InChI=1S/C18H24N6OS/c1-6-15(17-21-10(2)13(5)26-17)23-16(25)8-7-14-11(3)22-18-19-9-20-24(18)12(14)4/h9,15H,6-8H2,1-5H3,(H,23,25). The van der Waals surface area contributed by atoms with E-state index >= 15 is 0 Å². The van der Waals surface area contributed by atoms with Gasteiger partial charge in [0.15, 0.2) is 0 Å². The average molecular weight is 372 g/mol. The van der Waals surface area contributed by atoms with E-state index in [1.165, 1.54) is 11.2 Å². The van der Waals surface area contributed by atoms with E-state index in [9.17, 15) is 4.79 Å². The molecule has 8 heteroatoms. The molecule has 0 radical (unpaired) electrons. The molecule has 1 N–H and O–H groups in total. The number of amides is 1. The summed E-state index contributed by atoms with van der Waals surface area (Å²) in [6, 6.07) is -0.0296. The summed E-state index contributed by atoms with van der Waals surface area (Å²) in [4.78, 5) is 26.9. The minimum Gasteiger partial charge on any atom is -0.347 e. The molecule has 3 heterocycles. The molecule has 1 unspecified atom stereocenters. The smallest absolute Gasteiger partial charge is 0.252 e. The van der Waals surface area contributed by atoms with Crippen molar-refractivity contribution in [2.24, 2.45) is 0 Å². The van der Waals surface area contributed by atoms with Gasteiger partial charge in [-0.1, -0.05) is 6.92 Å². The topological polar surface area (TPSA) is 85.1 Å². The minimum atomic E-state index is -0.0296. The van der Waals surface area contributed by atoms with Crippen LogP contribution in [0.3, 0.4) is 0 Å². The van der Waals surface area contributed by atoms with Gasteiger partial charge in [0.05, 0.1) is 11.7 Å². The van der Waals surface area contributed by atoms with Crippen LogP contribution in [0.25, 0.3) is 5.78 Å². The van der Waals surface area contributed by atoms with Gasteiger partial charge in [0.2, 0.25) is 5.91 Å². The molecule has 0 aliphatic heterocycles. The third kappa shape index (κ3) is 3.60. The molecule has 7 nitrogen and oxygen atoms in total. The Morgan fingerprint density at radius 1 is 1.23 bits per heavy atom. The van der Waals surface area contributed by atoms with Crippen molar-refractivity contribution < 1.29 is 4.79 Å². The summed E-state index contributed by atoms with van der Waals surface area (Å²) in [5, 5.41) is 8.29. The van der Waals surface area contributed by atoms with Crippen molar-refractivity contribution >= 4 is 23.0 Å². The predicted molar refractivity (Wildman–Crippen MR) is 101 cm³/mol. The Morgan fingerprint density at radius 2 is 2.00 bits per heavy atom. The summed E-state index contributed by atoms with van der Waals surface area (Å²) in [6.45, 7) is 10.1. The molecule has 1 amide bonds. The number of rotatable bonds is 6. The molecule has 0 saturated heterocycles. The third-order valence-corrected chi connectivity index (χ3v) is 5.86. The fraction of sp³-hybridized carbons (Fsp3) is 0.500. The molecular weight excluding hydrogens is 348 g/mol. The lowest BCUT2D eigenvalue weighted by molar-refractivity contribution is -0.121. The maximum atomic E-state index is 12.5. The maximum Gasteiger partial charge on any atom is 0.252 e. The Kier molecular flexibility index (Phi) is 5.31. The van der Waals surface area contributed by atoms with Gasteiger partial charge in [-0.05, 0) is 46.1 Å². The number of fused-ring (bicyclic) bond motifs is 1. The summed E-state index contributed by atoms with van der Waals surface area (Å²) < 4.78 is 1.72. The molecule has 0 aliphatic rings. The van der Waals surface area contributed by atoms with Gasteiger partial charge in [0, 0.05) is 22.7 Å². The van der Waals surface area contributed by atoms with Crippen molar-refractivity contribution in [2.45, 2.75) is 59.9 Å². The Hall–Kier alpha value is -2.35. The lowest BCUT2D eigenvalue weighted by atomic mass is 10.1. The van der Waals surface area contributed by atoms with Crippen LogP contribution in [0, 0.1) is 27.7 Å². The van der Waals surface area contributed by atoms with Crippen molar-refractivity contribution in [3.8, 4) is 0 Å². The highest BCUT2D eigenvalue weighted by molar-refractivity contribution is 7.11. The summed E-state index contributed by atoms with van der Waals surface area (Å²) in [6.07, 6.45) is 3.35. The number of carbonyl (C=O) groups is 1. The zero-order chi connectivity index (χ0) is 18.8. The number of nitrogens with zero attached hydrogens (tertiary/aromatic N) is 5. The van der Waals surface area contributed by atoms with Gasteiger partial charge in [-0.2, -0.15) is 10.1 Å². The van der Waals surface area contributed by atoms with Crippen molar-refractivity contribution in [3.63, 3.8) is 0 Å². The van der Waals surface area contributed by atoms with Gasteiger partial charge < -0.3 is 5.32 Å². The molecule has 138 valence electrons. The fourth-order valence-corrected chi connectivity index (χ4v) is 4.06. The number of thiazole rings is 1. The minimum absolute atomic E-state index is 0.0276. The van der Waals surface area contributed by atoms with Gasteiger partial charge in [-0.25, -0.2) is 14.5 Å². The second kappa shape index (κ2) is 7.49. The first-order valence-corrected chi connectivity index (χ1v) is 9.61. The van der Waals surface area contributed by atoms with Crippen LogP contribution in [-0.4, -0.2) is 30.5 Å². The monoisotopic (exact) mass is 372 g/mol. The number of aryl methyl sites for hydroxylation is 4. The lowest BCUT2D eigenvalue weighted by Gasteiger charge is -2.15. The van der Waals surface area contributed by atoms with E-state index in [0.717, 1.165) is 34.1 Å². The summed E-state index contributed by atoms with van der Waals surface area (Å²) in [5.74, 6) is 0.619. The van der Waals surface area contributed by atoms with E-state index in [1.807, 2.05) is 20.8 Å². The van der Waals surface area contributed by atoms with Crippen LogP contribution in [0.1, 0.15) is 58.3 Å². The zero-order valence-electron chi connectivity index (χ0n) is 15.8. The average Bonchev–Trinajstić information content (AvgIpc) is 3.19. The third-order valence-electron chi connectivity index (χ3n) is 4.68. The Balaban J connectivity index is 1.68. The Morgan fingerprint density at radius 3 is 2.65 bits per heavy atom. The zero-order valence-corrected chi connectivity index (χ0v) is 16.6. The number of hydrogen-bond donors (Lipinski definition) is 1. The van der Waals surface area contributed by atoms with Gasteiger partial charge in [0.25, 0.3) is 5.78 Å². The van der Waals surface area contributed by atoms with Crippen LogP contribution in [0.15, 0.2) is 6.33 Å². The molecule has 3 aromatic rings. The molecule has 26 heavy (non-hydrogen) atoms. The van der Waals surface area contributed by atoms with Crippen LogP contribution in [0.5, 0.6) is 0 Å². The second-order valence-corrected chi connectivity index (χ2v) is 7.69. The first kappa shape index (κ1) is 18.4. The molecule has 1 atom stereocenters. The normalized spacial score (nSPS) is 12.5. The van der Waals surface area contributed by atoms with Crippen LogP contribution in [0.2, 0.25) is 0 Å². The molecule has 0 bridgehead atoms. The molecule has 0 aromatic carbocycles. The van der Waals surface area contributed by atoms with Crippen molar-refractivity contribution in [1.29, 1.82) is 0 Å². The van der Waals surface area contributed by atoms with Gasteiger partial charge >= 0.3 is 0 Å². The van der Waals surface area contributed by atoms with Gasteiger partial charge in [-0.3, -0.25) is 4.79 Å². The van der Waals surface area contributed by atoms with Gasteiger partial charge in [-0.15, -0.1) is 11.3 Å². The van der Waals surface area contributed by atoms with E-state index in [2.05, 4.69) is 39.2 Å².